The van der Waals surface area contributed by atoms with E-state index >= 15 is 0 Å². The maximum Gasteiger partial charge on any atom is 0.328 e. The number of phenols is 1. The Labute approximate surface area is 136 Å². The Morgan fingerprint density at radius 2 is 1.83 bits per heavy atom. The Kier molecular flexibility index (Phi) is 5.47. The molecule has 2 rings (SSSR count). The van der Waals surface area contributed by atoms with Crippen molar-refractivity contribution in [2.75, 3.05) is 7.11 Å². The van der Waals surface area contributed by atoms with Crippen molar-refractivity contribution in [3.05, 3.63) is 65.2 Å². The molecule has 0 bridgehead atoms. The molecule has 2 aromatic rings. The molecule has 0 spiro atoms. The van der Waals surface area contributed by atoms with Crippen molar-refractivity contribution < 1.29 is 28.2 Å². The first kappa shape index (κ1) is 17.4. The molecule has 0 heterocycles. The van der Waals surface area contributed by atoms with Crippen molar-refractivity contribution in [2.45, 2.75) is 12.5 Å². The van der Waals surface area contributed by atoms with Gasteiger partial charge in [-0.3, -0.25) is 4.79 Å². The van der Waals surface area contributed by atoms with Gasteiger partial charge in [0.1, 0.15) is 23.4 Å². The van der Waals surface area contributed by atoms with Gasteiger partial charge in [-0.2, -0.15) is 0 Å². The Morgan fingerprint density at radius 1 is 1.17 bits per heavy atom. The van der Waals surface area contributed by atoms with Gasteiger partial charge in [-0.1, -0.05) is 12.1 Å². The summed E-state index contributed by atoms with van der Waals surface area (Å²) in [6.07, 6.45) is 0.0848. The lowest BCUT2D eigenvalue weighted by molar-refractivity contribution is -0.142. The molecular formula is C17H15F2NO4. The second-order valence-corrected chi connectivity index (χ2v) is 5.04. The molecule has 7 heteroatoms. The van der Waals surface area contributed by atoms with Gasteiger partial charge in [0.05, 0.1) is 12.7 Å². The first-order valence-electron chi connectivity index (χ1n) is 7.02. The molecule has 0 aliphatic carbocycles. The van der Waals surface area contributed by atoms with Gasteiger partial charge in [-0.15, -0.1) is 0 Å². The van der Waals surface area contributed by atoms with Crippen LogP contribution in [-0.2, 0) is 16.0 Å². The number of benzene rings is 2. The molecular weight excluding hydrogens is 320 g/mol. The first-order valence-corrected chi connectivity index (χ1v) is 7.02. The fraction of sp³-hybridized carbons (Fsp3) is 0.176. The van der Waals surface area contributed by atoms with Crippen LogP contribution in [0.2, 0.25) is 0 Å². The van der Waals surface area contributed by atoms with E-state index in [2.05, 4.69) is 10.1 Å². The predicted octanol–water partition coefficient (Wildman–Crippen LogP) is 2.18. The summed E-state index contributed by atoms with van der Waals surface area (Å²) in [5.41, 5.74) is 0.277. The molecule has 0 saturated carbocycles. The van der Waals surface area contributed by atoms with Gasteiger partial charge in [0.25, 0.3) is 5.91 Å². The second-order valence-electron chi connectivity index (χ2n) is 5.04. The van der Waals surface area contributed by atoms with E-state index in [1.807, 2.05) is 0 Å². The van der Waals surface area contributed by atoms with Gasteiger partial charge >= 0.3 is 5.97 Å². The normalized spacial score (nSPS) is 11.6. The number of halogens is 2. The second kappa shape index (κ2) is 7.54. The molecule has 1 atom stereocenters. The van der Waals surface area contributed by atoms with Crippen molar-refractivity contribution in [3.8, 4) is 5.75 Å². The zero-order valence-corrected chi connectivity index (χ0v) is 12.8. The predicted molar refractivity (Wildman–Crippen MR) is 81.4 cm³/mol. The van der Waals surface area contributed by atoms with Crippen LogP contribution < -0.4 is 5.32 Å². The molecule has 0 radical (unpaired) electrons. The van der Waals surface area contributed by atoms with E-state index in [1.54, 1.807) is 12.1 Å². The zero-order valence-electron chi connectivity index (χ0n) is 12.8. The summed E-state index contributed by atoms with van der Waals surface area (Å²) in [6.45, 7) is 0. The third kappa shape index (κ3) is 4.28. The molecule has 24 heavy (non-hydrogen) atoms. The number of aromatic hydroxyl groups is 1. The van der Waals surface area contributed by atoms with E-state index in [-0.39, 0.29) is 17.7 Å². The van der Waals surface area contributed by atoms with Crippen LogP contribution in [0.25, 0.3) is 0 Å². The third-order valence-electron chi connectivity index (χ3n) is 3.34. The summed E-state index contributed by atoms with van der Waals surface area (Å²) in [6, 6.07) is 7.50. The van der Waals surface area contributed by atoms with Crippen LogP contribution in [0.3, 0.4) is 0 Å². The molecule has 126 valence electrons. The summed E-state index contributed by atoms with van der Waals surface area (Å²) in [5.74, 6) is -3.34. The number of carbonyl (C=O) groups excluding carboxylic acids is 2. The maximum atomic E-state index is 13.7. The van der Waals surface area contributed by atoms with E-state index in [9.17, 15) is 23.5 Å². The number of amides is 1. The maximum absolute atomic E-state index is 13.7. The molecule has 0 aliphatic rings. The van der Waals surface area contributed by atoms with E-state index in [0.29, 0.717) is 11.6 Å². The molecule has 0 aromatic heterocycles. The Bertz CT molecular complexity index is 747. The number of esters is 1. The minimum Gasteiger partial charge on any atom is -0.508 e. The van der Waals surface area contributed by atoms with Gasteiger partial charge < -0.3 is 15.2 Å². The fourth-order valence-corrected chi connectivity index (χ4v) is 2.11. The van der Waals surface area contributed by atoms with E-state index in [1.165, 1.54) is 12.1 Å². The number of hydrogen-bond donors (Lipinski definition) is 2. The van der Waals surface area contributed by atoms with Crippen LogP contribution in [0, 0.1) is 11.6 Å². The third-order valence-corrected chi connectivity index (χ3v) is 3.34. The minimum absolute atomic E-state index is 0.0609. The van der Waals surface area contributed by atoms with E-state index in [0.717, 1.165) is 19.2 Å². The summed E-state index contributed by atoms with van der Waals surface area (Å²) in [4.78, 5) is 24.0. The van der Waals surface area contributed by atoms with Crippen molar-refractivity contribution in [3.63, 3.8) is 0 Å². The van der Waals surface area contributed by atoms with Gasteiger partial charge in [-0.25, -0.2) is 13.6 Å². The van der Waals surface area contributed by atoms with Gasteiger partial charge in [0, 0.05) is 12.5 Å². The van der Waals surface area contributed by atoms with Gasteiger partial charge in [0.15, 0.2) is 0 Å². The SMILES string of the molecule is COC(=O)C(Cc1ccc(O)cc1)NC(=O)c1ccc(F)cc1F. The van der Waals surface area contributed by atoms with Crippen LogP contribution in [0.1, 0.15) is 15.9 Å². The Morgan fingerprint density at radius 3 is 2.42 bits per heavy atom. The fourth-order valence-electron chi connectivity index (χ4n) is 2.11. The van der Waals surface area contributed by atoms with Crippen molar-refractivity contribution in [2.24, 2.45) is 0 Å². The monoisotopic (exact) mass is 335 g/mol. The Hall–Kier alpha value is -2.96. The van der Waals surface area contributed by atoms with E-state index in [4.69, 9.17) is 0 Å². The van der Waals surface area contributed by atoms with Crippen LogP contribution in [0.4, 0.5) is 8.78 Å². The number of ether oxygens (including phenoxy) is 1. The highest BCUT2D eigenvalue weighted by Gasteiger charge is 2.24. The number of carbonyl (C=O) groups is 2. The molecule has 0 saturated heterocycles. The van der Waals surface area contributed by atoms with Gasteiger partial charge in [0.2, 0.25) is 0 Å². The average Bonchev–Trinajstić information content (AvgIpc) is 2.55. The lowest BCUT2D eigenvalue weighted by Crippen LogP contribution is -2.43. The number of rotatable bonds is 5. The molecule has 1 unspecified atom stereocenters. The molecule has 2 N–H and O–H groups in total. The lowest BCUT2D eigenvalue weighted by atomic mass is 10.0. The smallest absolute Gasteiger partial charge is 0.328 e. The highest BCUT2D eigenvalue weighted by atomic mass is 19.1. The number of hydrogen-bond acceptors (Lipinski definition) is 4. The number of phenolic OH excluding ortho intramolecular Hbond substituents is 1. The summed E-state index contributed by atoms with van der Waals surface area (Å²) >= 11 is 0. The highest BCUT2D eigenvalue weighted by molar-refractivity contribution is 5.97. The molecule has 1 amide bonds. The molecule has 0 fully saturated rings. The molecule has 5 nitrogen and oxygen atoms in total. The van der Waals surface area contributed by atoms with Crippen molar-refractivity contribution in [1.29, 1.82) is 0 Å². The average molecular weight is 335 g/mol. The quantitative estimate of drug-likeness (QED) is 0.821. The first-order chi connectivity index (χ1) is 11.4. The van der Waals surface area contributed by atoms with E-state index < -0.39 is 29.6 Å². The zero-order chi connectivity index (χ0) is 17.7. The summed E-state index contributed by atoms with van der Waals surface area (Å²) in [5, 5.41) is 11.6. The lowest BCUT2D eigenvalue weighted by Gasteiger charge is -2.17. The summed E-state index contributed by atoms with van der Waals surface area (Å²) < 4.78 is 31.2. The summed E-state index contributed by atoms with van der Waals surface area (Å²) in [7, 11) is 1.16. The van der Waals surface area contributed by atoms with Crippen LogP contribution in [-0.4, -0.2) is 30.1 Å². The highest BCUT2D eigenvalue weighted by Crippen LogP contribution is 2.13. The van der Waals surface area contributed by atoms with Crippen LogP contribution in [0.5, 0.6) is 5.75 Å². The molecule has 0 aliphatic heterocycles. The molecule has 2 aromatic carbocycles. The topological polar surface area (TPSA) is 75.6 Å². The minimum atomic E-state index is -1.06. The standard InChI is InChI=1S/C17H15F2NO4/c1-24-17(23)15(8-10-2-5-12(21)6-3-10)20-16(22)13-7-4-11(18)9-14(13)19/h2-7,9,15,21H,8H2,1H3,(H,20,22). The van der Waals surface area contributed by atoms with Crippen LogP contribution in [0.15, 0.2) is 42.5 Å². The van der Waals surface area contributed by atoms with Crippen molar-refractivity contribution in [1.82, 2.24) is 5.32 Å². The van der Waals surface area contributed by atoms with Crippen molar-refractivity contribution >= 4 is 11.9 Å². The Balaban J connectivity index is 2.17. The van der Waals surface area contributed by atoms with Gasteiger partial charge in [-0.05, 0) is 29.8 Å². The number of methoxy groups -OCH3 is 1. The largest absolute Gasteiger partial charge is 0.508 e. The number of nitrogens with one attached hydrogen (secondary N) is 1. The van der Waals surface area contributed by atoms with Crippen LogP contribution >= 0.6 is 0 Å².